The van der Waals surface area contributed by atoms with Crippen LogP contribution in [0.1, 0.15) is 32.2 Å². The van der Waals surface area contributed by atoms with Crippen molar-refractivity contribution < 1.29 is 35.5 Å². The highest BCUT2D eigenvalue weighted by atomic mass is 32.2. The number of carbonyl (C=O) groups excluding carboxylic acids is 1. The van der Waals surface area contributed by atoms with Crippen molar-refractivity contribution in [2.75, 3.05) is 10.7 Å². The molecule has 0 fully saturated rings. The first kappa shape index (κ1) is 25.6. The van der Waals surface area contributed by atoms with Gasteiger partial charge in [-0.1, -0.05) is 32.9 Å². The van der Waals surface area contributed by atoms with Crippen molar-refractivity contribution in [3.8, 4) is 17.2 Å². The van der Waals surface area contributed by atoms with Crippen LogP contribution in [0, 0.1) is 5.82 Å². The minimum atomic E-state index is -4.14. The second-order valence-electron chi connectivity index (χ2n) is 9.30. The minimum absolute atomic E-state index is 0.0916. The van der Waals surface area contributed by atoms with Gasteiger partial charge in [-0.25, -0.2) is 12.8 Å². The zero-order valence-electron chi connectivity index (χ0n) is 19.5. The maximum absolute atomic E-state index is 15.1. The van der Waals surface area contributed by atoms with E-state index in [4.69, 9.17) is 10.2 Å². The van der Waals surface area contributed by atoms with E-state index in [1.54, 1.807) is 0 Å². The predicted molar refractivity (Wildman–Crippen MR) is 123 cm³/mol. The van der Waals surface area contributed by atoms with E-state index < -0.39 is 50.3 Å². The molecule has 1 atom stereocenters. The SMILES string of the molecule is CC(C)(C)c1nnc(-c2cc3c(cc2F)S(=O)(=O)C[C@H](N)C(=O)N3Cc2ccc(OC(F)F)cc2)o1. The molecule has 0 spiro atoms. The molecule has 0 unspecified atom stereocenters. The number of ether oxygens (including phenoxy) is 1. The van der Waals surface area contributed by atoms with Gasteiger partial charge in [0.25, 0.3) is 5.89 Å². The Balaban J connectivity index is 1.82. The second kappa shape index (κ2) is 9.21. The topological polar surface area (TPSA) is 129 Å². The Labute approximate surface area is 205 Å². The Bertz CT molecular complexity index is 1400. The van der Waals surface area contributed by atoms with Crippen molar-refractivity contribution in [1.82, 2.24) is 10.2 Å². The summed E-state index contributed by atoms with van der Waals surface area (Å²) in [7, 11) is -4.14. The fourth-order valence-electron chi connectivity index (χ4n) is 3.64. The summed E-state index contributed by atoms with van der Waals surface area (Å²) >= 11 is 0. The lowest BCUT2D eigenvalue weighted by atomic mass is 9.97. The van der Waals surface area contributed by atoms with Crippen LogP contribution in [0.15, 0.2) is 45.7 Å². The standard InChI is InChI=1S/C23H23F3N4O5S/c1-23(2,3)21-29-28-19(35-21)14-8-17-18(9-15(14)24)36(32,33)11-16(27)20(31)30(17)10-12-4-6-13(7-5-12)34-22(25)26/h4-9,16,22H,10-11,27H2,1-3H3/t16-/m0/s1. The van der Waals surface area contributed by atoms with Gasteiger partial charge in [-0.2, -0.15) is 8.78 Å². The van der Waals surface area contributed by atoms with E-state index in [1.165, 1.54) is 24.3 Å². The van der Waals surface area contributed by atoms with E-state index in [1.807, 2.05) is 20.8 Å². The van der Waals surface area contributed by atoms with Gasteiger partial charge in [-0.3, -0.25) is 4.79 Å². The molecule has 0 aliphatic carbocycles. The molecule has 0 bridgehead atoms. The number of alkyl halides is 2. The monoisotopic (exact) mass is 524 g/mol. The van der Waals surface area contributed by atoms with Gasteiger partial charge in [0.15, 0.2) is 9.84 Å². The molecule has 2 aromatic carbocycles. The van der Waals surface area contributed by atoms with E-state index in [9.17, 15) is 22.0 Å². The lowest BCUT2D eigenvalue weighted by molar-refractivity contribution is -0.119. The number of hydrogen-bond acceptors (Lipinski definition) is 8. The molecule has 1 aromatic heterocycles. The number of nitrogens with two attached hydrogens (primary N) is 1. The highest BCUT2D eigenvalue weighted by Crippen LogP contribution is 2.37. The predicted octanol–water partition coefficient (Wildman–Crippen LogP) is 3.42. The minimum Gasteiger partial charge on any atom is -0.435 e. The average molecular weight is 525 g/mol. The number of hydrogen-bond donors (Lipinski definition) is 1. The van der Waals surface area contributed by atoms with E-state index >= 15 is 4.39 Å². The molecule has 2 heterocycles. The van der Waals surface area contributed by atoms with E-state index in [2.05, 4.69) is 14.9 Å². The third-order valence-electron chi connectivity index (χ3n) is 5.44. The number of rotatable bonds is 5. The average Bonchev–Trinajstić information content (AvgIpc) is 3.26. The Morgan fingerprint density at radius 2 is 1.86 bits per heavy atom. The van der Waals surface area contributed by atoms with Gasteiger partial charge >= 0.3 is 6.61 Å². The fraction of sp³-hybridized carbons (Fsp3) is 0.348. The van der Waals surface area contributed by atoms with Crippen LogP contribution < -0.4 is 15.4 Å². The summed E-state index contributed by atoms with van der Waals surface area (Å²) in [6.07, 6.45) is 0. The summed E-state index contributed by atoms with van der Waals surface area (Å²) in [5.41, 5.74) is 5.51. The highest BCUT2D eigenvalue weighted by molar-refractivity contribution is 7.91. The van der Waals surface area contributed by atoms with Crippen molar-refractivity contribution in [2.45, 2.75) is 50.3 Å². The summed E-state index contributed by atoms with van der Waals surface area (Å²) in [5, 5.41) is 7.83. The maximum atomic E-state index is 15.1. The molecule has 36 heavy (non-hydrogen) atoms. The maximum Gasteiger partial charge on any atom is 0.387 e. The lowest BCUT2D eigenvalue weighted by Crippen LogP contribution is -2.45. The number of nitrogens with zero attached hydrogens (tertiary/aromatic N) is 3. The number of aromatic nitrogens is 2. The molecule has 1 aliphatic heterocycles. The normalized spacial score (nSPS) is 17.7. The summed E-state index contributed by atoms with van der Waals surface area (Å²) in [4.78, 5) is 13.8. The highest BCUT2D eigenvalue weighted by Gasteiger charge is 2.37. The van der Waals surface area contributed by atoms with Gasteiger partial charge in [0, 0.05) is 5.41 Å². The van der Waals surface area contributed by atoms with Crippen molar-refractivity contribution in [3.05, 3.63) is 53.7 Å². The zero-order chi connectivity index (χ0) is 26.4. The molecule has 9 nitrogen and oxygen atoms in total. The molecular formula is C23H23F3N4O5S. The third-order valence-corrected chi connectivity index (χ3v) is 7.24. The van der Waals surface area contributed by atoms with Crippen LogP contribution in [0.25, 0.3) is 11.5 Å². The first-order valence-electron chi connectivity index (χ1n) is 10.8. The molecule has 192 valence electrons. The first-order valence-corrected chi connectivity index (χ1v) is 12.4. The summed E-state index contributed by atoms with van der Waals surface area (Å²) in [6.45, 7) is 2.29. The molecule has 0 saturated heterocycles. The number of benzene rings is 2. The number of sulfone groups is 1. The Hall–Kier alpha value is -3.45. The van der Waals surface area contributed by atoms with Crippen LogP contribution in [0.2, 0.25) is 0 Å². The number of fused-ring (bicyclic) bond motifs is 1. The molecular weight excluding hydrogens is 501 g/mol. The molecule has 1 amide bonds. The number of halogens is 3. The van der Waals surface area contributed by atoms with Crippen LogP contribution in [-0.2, 0) is 26.6 Å². The fourth-order valence-corrected chi connectivity index (χ4v) is 5.21. The Morgan fingerprint density at radius 3 is 2.44 bits per heavy atom. The largest absolute Gasteiger partial charge is 0.435 e. The second-order valence-corrected chi connectivity index (χ2v) is 11.3. The molecule has 1 aliphatic rings. The van der Waals surface area contributed by atoms with Crippen LogP contribution >= 0.6 is 0 Å². The van der Waals surface area contributed by atoms with Crippen LogP contribution in [-0.4, -0.2) is 42.9 Å². The number of amides is 1. The Morgan fingerprint density at radius 1 is 1.19 bits per heavy atom. The number of carbonyl (C=O) groups is 1. The van der Waals surface area contributed by atoms with Gasteiger partial charge in [-0.05, 0) is 29.8 Å². The molecule has 0 saturated carbocycles. The summed E-state index contributed by atoms with van der Waals surface area (Å²) in [6, 6.07) is 5.99. The van der Waals surface area contributed by atoms with Crippen LogP contribution in [0.5, 0.6) is 5.75 Å². The zero-order valence-corrected chi connectivity index (χ0v) is 20.4. The quantitative estimate of drug-likeness (QED) is 0.538. The first-order chi connectivity index (χ1) is 16.8. The van der Waals surface area contributed by atoms with Gasteiger partial charge in [0.1, 0.15) is 11.6 Å². The van der Waals surface area contributed by atoms with E-state index in [0.717, 1.165) is 17.0 Å². The van der Waals surface area contributed by atoms with Crippen LogP contribution in [0.4, 0.5) is 18.9 Å². The van der Waals surface area contributed by atoms with Crippen molar-refractivity contribution in [3.63, 3.8) is 0 Å². The van der Waals surface area contributed by atoms with Crippen molar-refractivity contribution in [2.24, 2.45) is 5.73 Å². The van der Waals surface area contributed by atoms with Gasteiger partial charge in [0.2, 0.25) is 11.8 Å². The van der Waals surface area contributed by atoms with Gasteiger partial charge < -0.3 is 19.8 Å². The molecule has 2 N–H and O–H groups in total. The molecule has 4 rings (SSSR count). The van der Waals surface area contributed by atoms with Gasteiger partial charge in [0.05, 0.1) is 34.5 Å². The molecule has 13 heteroatoms. The number of anilines is 1. The smallest absolute Gasteiger partial charge is 0.387 e. The molecule has 3 aromatic rings. The van der Waals surface area contributed by atoms with Crippen molar-refractivity contribution in [1.29, 1.82) is 0 Å². The third kappa shape index (κ3) is 5.07. The summed E-state index contributed by atoms with van der Waals surface area (Å²) in [5.74, 6) is -2.41. The van der Waals surface area contributed by atoms with E-state index in [-0.39, 0.29) is 35.3 Å². The lowest BCUT2D eigenvalue weighted by Gasteiger charge is -2.24. The van der Waals surface area contributed by atoms with E-state index in [0.29, 0.717) is 5.56 Å². The summed E-state index contributed by atoms with van der Waals surface area (Å²) < 4.78 is 75.9. The Kier molecular flexibility index (Phi) is 6.56. The van der Waals surface area contributed by atoms with Crippen LogP contribution in [0.3, 0.4) is 0 Å². The molecule has 0 radical (unpaired) electrons. The van der Waals surface area contributed by atoms with Gasteiger partial charge in [-0.15, -0.1) is 10.2 Å². The van der Waals surface area contributed by atoms with Crippen molar-refractivity contribution >= 4 is 21.4 Å².